The van der Waals surface area contributed by atoms with Crippen LogP contribution in [-0.2, 0) is 9.63 Å². The average Bonchev–Trinajstić information content (AvgIpc) is 2.99. The van der Waals surface area contributed by atoms with Crippen LogP contribution in [0.15, 0.2) is 35.3 Å². The van der Waals surface area contributed by atoms with Crippen LogP contribution in [0.4, 0.5) is 8.78 Å². The van der Waals surface area contributed by atoms with E-state index in [9.17, 15) is 18.4 Å². The molecule has 2 N–H and O–H groups in total. The lowest BCUT2D eigenvalue weighted by molar-refractivity contribution is -0.133. The highest BCUT2D eigenvalue weighted by atomic mass is 19.1. The number of oxazole rings is 1. The van der Waals surface area contributed by atoms with Crippen molar-refractivity contribution in [2.75, 3.05) is 7.11 Å². The van der Waals surface area contributed by atoms with Crippen LogP contribution < -0.4 is 10.8 Å². The van der Waals surface area contributed by atoms with Crippen LogP contribution in [0.1, 0.15) is 22.1 Å². The molecular formula is C13H11F2N3O4. The Bertz CT molecular complexity index is 676. The third kappa shape index (κ3) is 3.44. The van der Waals surface area contributed by atoms with E-state index in [1.54, 1.807) is 0 Å². The highest BCUT2D eigenvalue weighted by Gasteiger charge is 2.27. The van der Waals surface area contributed by atoms with Crippen molar-refractivity contribution in [3.8, 4) is 0 Å². The number of halogens is 2. The molecule has 0 spiro atoms. The summed E-state index contributed by atoms with van der Waals surface area (Å²) in [5.74, 6) is -3.41. The Kier molecular flexibility index (Phi) is 4.79. The maximum atomic E-state index is 13.8. The SMILES string of the molecule is CONC(=O)C(NC(=O)c1cocn1)c1ccc(F)cc1F. The number of nitrogens with one attached hydrogen (secondary N) is 2. The van der Waals surface area contributed by atoms with Crippen molar-refractivity contribution in [3.05, 3.63) is 53.7 Å². The minimum Gasteiger partial charge on any atom is -0.451 e. The predicted molar refractivity (Wildman–Crippen MR) is 68.2 cm³/mol. The van der Waals surface area contributed by atoms with Gasteiger partial charge in [-0.15, -0.1) is 0 Å². The van der Waals surface area contributed by atoms with E-state index < -0.39 is 29.5 Å². The molecule has 0 saturated heterocycles. The van der Waals surface area contributed by atoms with Crippen LogP contribution in [0.2, 0.25) is 0 Å². The van der Waals surface area contributed by atoms with Gasteiger partial charge in [0, 0.05) is 11.6 Å². The molecule has 0 aliphatic heterocycles. The van der Waals surface area contributed by atoms with Gasteiger partial charge in [-0.05, 0) is 6.07 Å². The zero-order chi connectivity index (χ0) is 16.1. The molecule has 1 heterocycles. The van der Waals surface area contributed by atoms with Crippen molar-refractivity contribution in [2.45, 2.75) is 6.04 Å². The van der Waals surface area contributed by atoms with Gasteiger partial charge in [0.15, 0.2) is 12.1 Å². The van der Waals surface area contributed by atoms with E-state index in [1.807, 2.05) is 5.48 Å². The van der Waals surface area contributed by atoms with Gasteiger partial charge >= 0.3 is 0 Å². The van der Waals surface area contributed by atoms with Crippen LogP contribution in [0.25, 0.3) is 0 Å². The number of hydrogen-bond acceptors (Lipinski definition) is 5. The second kappa shape index (κ2) is 6.76. The summed E-state index contributed by atoms with van der Waals surface area (Å²) in [5, 5.41) is 2.26. The molecule has 7 nitrogen and oxygen atoms in total. The topological polar surface area (TPSA) is 93.5 Å². The summed E-state index contributed by atoms with van der Waals surface area (Å²) in [6.45, 7) is 0. The maximum Gasteiger partial charge on any atom is 0.274 e. The second-order valence-electron chi connectivity index (χ2n) is 4.12. The Balaban J connectivity index is 2.30. The van der Waals surface area contributed by atoms with Gasteiger partial charge in [-0.25, -0.2) is 19.2 Å². The molecule has 2 aromatic rings. The van der Waals surface area contributed by atoms with Gasteiger partial charge < -0.3 is 9.73 Å². The fourth-order valence-electron chi connectivity index (χ4n) is 1.71. The summed E-state index contributed by atoms with van der Waals surface area (Å²) in [6.07, 6.45) is 2.08. The van der Waals surface area contributed by atoms with E-state index in [-0.39, 0.29) is 11.3 Å². The fraction of sp³-hybridized carbons (Fsp3) is 0.154. The van der Waals surface area contributed by atoms with Crippen molar-refractivity contribution in [2.24, 2.45) is 0 Å². The van der Waals surface area contributed by atoms with Crippen LogP contribution in [0, 0.1) is 11.6 Å². The van der Waals surface area contributed by atoms with Gasteiger partial charge in [-0.3, -0.25) is 14.4 Å². The number of nitrogens with zero attached hydrogens (tertiary/aromatic N) is 1. The Hall–Kier alpha value is -2.81. The summed E-state index contributed by atoms with van der Waals surface area (Å²) >= 11 is 0. The van der Waals surface area contributed by atoms with Crippen molar-refractivity contribution in [3.63, 3.8) is 0 Å². The Morgan fingerprint density at radius 1 is 1.36 bits per heavy atom. The molecule has 1 unspecified atom stereocenters. The van der Waals surface area contributed by atoms with E-state index in [2.05, 4.69) is 19.6 Å². The number of amides is 2. The predicted octanol–water partition coefficient (Wildman–Crippen LogP) is 1.10. The van der Waals surface area contributed by atoms with E-state index in [1.165, 1.54) is 7.11 Å². The van der Waals surface area contributed by atoms with Crippen LogP contribution in [0.5, 0.6) is 0 Å². The zero-order valence-corrected chi connectivity index (χ0v) is 11.3. The number of carbonyl (C=O) groups excluding carboxylic acids is 2. The molecule has 116 valence electrons. The summed E-state index contributed by atoms with van der Waals surface area (Å²) in [5.41, 5.74) is 1.65. The minimum absolute atomic E-state index is 0.0993. The van der Waals surface area contributed by atoms with Crippen LogP contribution in [-0.4, -0.2) is 23.9 Å². The monoisotopic (exact) mass is 311 g/mol. The molecule has 1 aromatic carbocycles. The van der Waals surface area contributed by atoms with Crippen molar-refractivity contribution in [1.29, 1.82) is 0 Å². The number of carbonyl (C=O) groups is 2. The van der Waals surface area contributed by atoms with Crippen molar-refractivity contribution in [1.82, 2.24) is 15.8 Å². The van der Waals surface area contributed by atoms with Crippen molar-refractivity contribution < 1.29 is 27.6 Å². The van der Waals surface area contributed by atoms with E-state index in [0.29, 0.717) is 6.07 Å². The average molecular weight is 311 g/mol. The van der Waals surface area contributed by atoms with E-state index in [0.717, 1.165) is 24.8 Å². The van der Waals surface area contributed by atoms with Gasteiger partial charge in [0.05, 0.1) is 7.11 Å². The lowest BCUT2D eigenvalue weighted by Crippen LogP contribution is -2.40. The Labute approximate surface area is 123 Å². The first-order chi connectivity index (χ1) is 10.5. The van der Waals surface area contributed by atoms with Gasteiger partial charge in [-0.1, -0.05) is 6.07 Å². The molecule has 0 aliphatic carbocycles. The zero-order valence-electron chi connectivity index (χ0n) is 11.3. The summed E-state index contributed by atoms with van der Waals surface area (Å²) < 4.78 is 31.5. The second-order valence-corrected chi connectivity index (χ2v) is 4.12. The van der Waals surface area contributed by atoms with Gasteiger partial charge in [0.2, 0.25) is 0 Å². The lowest BCUT2D eigenvalue weighted by atomic mass is 10.1. The minimum atomic E-state index is -1.44. The quantitative estimate of drug-likeness (QED) is 0.807. The highest BCUT2D eigenvalue weighted by Crippen LogP contribution is 2.19. The maximum absolute atomic E-state index is 13.8. The molecule has 0 aliphatic rings. The molecule has 9 heteroatoms. The molecule has 2 amide bonds. The molecule has 0 saturated carbocycles. The van der Waals surface area contributed by atoms with Crippen molar-refractivity contribution >= 4 is 11.8 Å². The first-order valence-electron chi connectivity index (χ1n) is 5.99. The number of benzene rings is 1. The molecule has 0 radical (unpaired) electrons. The van der Waals surface area contributed by atoms with Gasteiger partial charge in [-0.2, -0.15) is 0 Å². The van der Waals surface area contributed by atoms with E-state index >= 15 is 0 Å². The van der Waals surface area contributed by atoms with Gasteiger partial charge in [0.1, 0.15) is 23.9 Å². The largest absolute Gasteiger partial charge is 0.451 e. The normalized spacial score (nSPS) is 11.8. The molecule has 0 fully saturated rings. The fourth-order valence-corrected chi connectivity index (χ4v) is 1.71. The van der Waals surface area contributed by atoms with Crippen LogP contribution >= 0.6 is 0 Å². The first kappa shape index (κ1) is 15.6. The Morgan fingerprint density at radius 2 is 2.14 bits per heavy atom. The van der Waals surface area contributed by atoms with Gasteiger partial charge in [0.25, 0.3) is 11.8 Å². The molecule has 22 heavy (non-hydrogen) atoms. The summed E-state index contributed by atoms with van der Waals surface area (Å²) in [7, 11) is 1.18. The molecule has 1 aromatic heterocycles. The smallest absolute Gasteiger partial charge is 0.274 e. The molecule has 2 rings (SSSR count). The third-order valence-electron chi connectivity index (χ3n) is 2.68. The van der Waals surface area contributed by atoms with E-state index in [4.69, 9.17) is 0 Å². The Morgan fingerprint density at radius 3 is 2.73 bits per heavy atom. The number of rotatable bonds is 5. The van der Waals surface area contributed by atoms with Crippen LogP contribution in [0.3, 0.4) is 0 Å². The number of aromatic nitrogens is 1. The molecule has 1 atom stereocenters. The summed E-state index contributed by atoms with van der Waals surface area (Å²) in [4.78, 5) is 31.9. The third-order valence-corrected chi connectivity index (χ3v) is 2.68. The summed E-state index contributed by atoms with van der Waals surface area (Å²) in [6, 6.07) is 1.18. The molecule has 0 bridgehead atoms. The number of hydroxylamine groups is 1. The number of hydrogen-bond donors (Lipinski definition) is 2. The first-order valence-corrected chi connectivity index (χ1v) is 5.99. The standard InChI is InChI=1S/C13H11F2N3O4/c1-21-18-13(20)11(8-3-2-7(14)4-9(8)15)17-12(19)10-5-22-6-16-10/h2-6,11H,1H3,(H,17,19)(H,18,20). The highest BCUT2D eigenvalue weighted by molar-refractivity contribution is 5.96. The molecular weight excluding hydrogens is 300 g/mol. The lowest BCUT2D eigenvalue weighted by Gasteiger charge is -2.18.